The lowest BCUT2D eigenvalue weighted by atomic mass is 10.2. The molecule has 3 rings (SSSR count). The number of para-hydroxylation sites is 1. The number of nitrogens with zero attached hydrogens (tertiary/aromatic N) is 2. The van der Waals surface area contributed by atoms with E-state index in [1.807, 2.05) is 6.92 Å². The maximum absolute atomic E-state index is 13.5. The third-order valence-corrected chi connectivity index (χ3v) is 3.55. The van der Waals surface area contributed by atoms with Crippen molar-refractivity contribution in [3.8, 4) is 17.2 Å². The number of ether oxygens (including phenoxy) is 1. The summed E-state index contributed by atoms with van der Waals surface area (Å²) in [5.41, 5.74) is 0.888. The van der Waals surface area contributed by atoms with E-state index < -0.39 is 11.7 Å². The number of benzene rings is 2. The predicted molar refractivity (Wildman–Crippen MR) is 94.3 cm³/mol. The first-order chi connectivity index (χ1) is 12.7. The largest absolute Gasteiger partial charge is 0.484 e. The third-order valence-electron chi connectivity index (χ3n) is 3.55. The van der Waals surface area contributed by atoms with Crippen molar-refractivity contribution in [2.45, 2.75) is 19.8 Å². The number of aromatic nitrogens is 2. The fraction of sp³-hybridized carbons (Fsp3) is 0.211. The highest BCUT2D eigenvalue weighted by Gasteiger charge is 2.09. The number of halogens is 1. The molecule has 1 heterocycles. The summed E-state index contributed by atoms with van der Waals surface area (Å²) in [6.07, 6.45) is 1.68. The summed E-state index contributed by atoms with van der Waals surface area (Å²) < 4.78 is 24.5. The number of hydrogen-bond acceptors (Lipinski definition) is 5. The smallest absolute Gasteiger partial charge is 0.262 e. The van der Waals surface area contributed by atoms with E-state index in [1.54, 1.807) is 36.4 Å². The lowest BCUT2D eigenvalue weighted by molar-refractivity contribution is -0.118. The van der Waals surface area contributed by atoms with Crippen LogP contribution < -0.4 is 10.1 Å². The van der Waals surface area contributed by atoms with Gasteiger partial charge in [0.25, 0.3) is 5.91 Å². The lowest BCUT2D eigenvalue weighted by Gasteiger charge is -2.08. The number of carbonyl (C=O) groups is 1. The average Bonchev–Trinajstić information content (AvgIpc) is 3.11. The molecule has 0 aliphatic carbocycles. The number of hydrogen-bond donors (Lipinski definition) is 1. The van der Waals surface area contributed by atoms with Crippen LogP contribution in [-0.2, 0) is 11.2 Å². The van der Waals surface area contributed by atoms with Crippen molar-refractivity contribution in [1.29, 1.82) is 0 Å². The summed E-state index contributed by atoms with van der Waals surface area (Å²) in [4.78, 5) is 11.9. The Morgan fingerprint density at radius 2 is 1.92 bits per heavy atom. The highest BCUT2D eigenvalue weighted by Crippen LogP contribution is 2.22. The minimum absolute atomic E-state index is 0.121. The number of aryl methyl sites for hydroxylation is 1. The van der Waals surface area contributed by atoms with Crippen LogP contribution in [0.15, 0.2) is 52.9 Å². The van der Waals surface area contributed by atoms with Crippen LogP contribution in [0.2, 0.25) is 0 Å². The molecule has 3 aromatic rings. The Morgan fingerprint density at radius 3 is 2.65 bits per heavy atom. The van der Waals surface area contributed by atoms with E-state index in [4.69, 9.17) is 9.15 Å². The average molecular weight is 355 g/mol. The molecule has 6 nitrogen and oxygen atoms in total. The highest BCUT2D eigenvalue weighted by molar-refractivity contribution is 5.91. The molecule has 2 aromatic carbocycles. The Kier molecular flexibility index (Phi) is 5.58. The number of nitrogens with one attached hydrogen (secondary N) is 1. The van der Waals surface area contributed by atoms with Gasteiger partial charge in [-0.15, -0.1) is 10.2 Å². The monoisotopic (exact) mass is 355 g/mol. The summed E-state index contributed by atoms with van der Waals surface area (Å²) >= 11 is 0. The van der Waals surface area contributed by atoms with Crippen molar-refractivity contribution in [1.82, 2.24) is 10.2 Å². The molecule has 1 amide bonds. The van der Waals surface area contributed by atoms with Gasteiger partial charge in [0.2, 0.25) is 11.8 Å². The predicted octanol–water partition coefficient (Wildman–Crippen LogP) is 3.85. The van der Waals surface area contributed by atoms with Gasteiger partial charge in [-0.2, -0.15) is 0 Å². The Morgan fingerprint density at radius 1 is 1.15 bits per heavy atom. The van der Waals surface area contributed by atoms with E-state index >= 15 is 0 Å². The molecule has 0 saturated heterocycles. The van der Waals surface area contributed by atoms with Crippen molar-refractivity contribution >= 4 is 11.6 Å². The van der Waals surface area contributed by atoms with Gasteiger partial charge in [-0.05, 0) is 42.8 Å². The molecule has 0 bridgehead atoms. The topological polar surface area (TPSA) is 77.2 Å². The van der Waals surface area contributed by atoms with Crippen LogP contribution >= 0.6 is 0 Å². The maximum atomic E-state index is 13.5. The lowest BCUT2D eigenvalue weighted by Crippen LogP contribution is -2.20. The molecular weight excluding hydrogens is 337 g/mol. The maximum Gasteiger partial charge on any atom is 0.262 e. The first-order valence-electron chi connectivity index (χ1n) is 8.25. The summed E-state index contributed by atoms with van der Waals surface area (Å²) in [7, 11) is 0. The first kappa shape index (κ1) is 17.6. The molecule has 1 N–H and O–H groups in total. The molecule has 134 valence electrons. The number of carbonyl (C=O) groups excluding carboxylic acids is 1. The van der Waals surface area contributed by atoms with E-state index in [9.17, 15) is 9.18 Å². The van der Waals surface area contributed by atoms with Gasteiger partial charge in [0.1, 0.15) is 11.6 Å². The zero-order chi connectivity index (χ0) is 18.4. The normalized spacial score (nSPS) is 10.5. The molecular formula is C19H18FN3O3. The molecule has 0 spiro atoms. The molecule has 0 unspecified atom stereocenters. The summed E-state index contributed by atoms with van der Waals surface area (Å²) in [5, 5.41) is 10.4. The Hall–Kier alpha value is -3.22. The molecule has 0 aliphatic rings. The Balaban J connectivity index is 1.55. The number of amides is 1. The van der Waals surface area contributed by atoms with Crippen molar-refractivity contribution in [3.63, 3.8) is 0 Å². The van der Waals surface area contributed by atoms with Crippen LogP contribution in [0.5, 0.6) is 5.75 Å². The van der Waals surface area contributed by atoms with Crippen molar-refractivity contribution in [2.24, 2.45) is 0 Å². The van der Waals surface area contributed by atoms with Crippen LogP contribution in [0.1, 0.15) is 19.2 Å². The Bertz CT molecular complexity index is 878. The molecule has 0 fully saturated rings. The van der Waals surface area contributed by atoms with Gasteiger partial charge < -0.3 is 14.5 Å². The van der Waals surface area contributed by atoms with Crippen molar-refractivity contribution in [2.75, 3.05) is 11.9 Å². The van der Waals surface area contributed by atoms with E-state index in [2.05, 4.69) is 15.5 Å². The van der Waals surface area contributed by atoms with Gasteiger partial charge in [0, 0.05) is 12.0 Å². The highest BCUT2D eigenvalue weighted by atomic mass is 19.1. The molecule has 0 radical (unpaired) electrons. The van der Waals surface area contributed by atoms with E-state index in [0.717, 1.165) is 18.4 Å². The van der Waals surface area contributed by atoms with Crippen LogP contribution in [0.3, 0.4) is 0 Å². The van der Waals surface area contributed by atoms with E-state index in [-0.39, 0.29) is 12.3 Å². The summed E-state index contributed by atoms with van der Waals surface area (Å²) in [5.74, 6) is 0.614. The second kappa shape index (κ2) is 8.24. The summed E-state index contributed by atoms with van der Waals surface area (Å²) in [6, 6.07) is 12.9. The minimum Gasteiger partial charge on any atom is -0.484 e. The van der Waals surface area contributed by atoms with Crippen LogP contribution in [-0.4, -0.2) is 22.7 Å². The van der Waals surface area contributed by atoms with Gasteiger partial charge in [-0.25, -0.2) is 4.39 Å². The minimum atomic E-state index is -0.493. The molecule has 26 heavy (non-hydrogen) atoms. The Labute approximate surface area is 150 Å². The molecule has 1 aromatic heterocycles. The zero-order valence-electron chi connectivity index (χ0n) is 14.2. The van der Waals surface area contributed by atoms with Gasteiger partial charge in [0.15, 0.2) is 6.61 Å². The van der Waals surface area contributed by atoms with Crippen LogP contribution in [0.25, 0.3) is 11.5 Å². The summed E-state index contributed by atoms with van der Waals surface area (Å²) in [6.45, 7) is 1.81. The SMILES string of the molecule is CCCc1nnc(-c2ccc(OCC(=O)Nc3ccccc3F)cc2)o1. The zero-order valence-corrected chi connectivity index (χ0v) is 14.2. The molecule has 0 saturated carbocycles. The van der Waals surface area contributed by atoms with Crippen LogP contribution in [0.4, 0.5) is 10.1 Å². The first-order valence-corrected chi connectivity index (χ1v) is 8.25. The van der Waals surface area contributed by atoms with Gasteiger partial charge >= 0.3 is 0 Å². The van der Waals surface area contributed by atoms with Crippen molar-refractivity contribution < 1.29 is 18.3 Å². The molecule has 0 atom stereocenters. The second-order valence-corrected chi connectivity index (χ2v) is 5.59. The van der Waals surface area contributed by atoms with Gasteiger partial charge in [-0.3, -0.25) is 4.79 Å². The van der Waals surface area contributed by atoms with E-state index in [0.29, 0.717) is 17.5 Å². The second-order valence-electron chi connectivity index (χ2n) is 5.59. The quantitative estimate of drug-likeness (QED) is 0.697. The standard InChI is InChI=1S/C19H18FN3O3/c1-2-5-18-22-23-19(26-18)13-8-10-14(11-9-13)25-12-17(24)21-16-7-4-3-6-15(16)20/h3-4,6-11H,2,5,12H2,1H3,(H,21,24). The van der Waals surface area contributed by atoms with Gasteiger partial charge in [0.05, 0.1) is 5.69 Å². The molecule has 7 heteroatoms. The van der Waals surface area contributed by atoms with Crippen LogP contribution in [0, 0.1) is 5.82 Å². The van der Waals surface area contributed by atoms with Crippen molar-refractivity contribution in [3.05, 3.63) is 60.2 Å². The van der Waals surface area contributed by atoms with Gasteiger partial charge in [-0.1, -0.05) is 19.1 Å². The fourth-order valence-electron chi connectivity index (χ4n) is 2.28. The third kappa shape index (κ3) is 4.44. The number of anilines is 1. The number of rotatable bonds is 7. The van der Waals surface area contributed by atoms with E-state index in [1.165, 1.54) is 12.1 Å². The molecule has 0 aliphatic heterocycles. The fourth-order valence-corrected chi connectivity index (χ4v) is 2.28.